The smallest absolute Gasteiger partial charge is 0.341 e. The lowest BCUT2D eigenvalue weighted by Crippen LogP contribution is -2.19. The van der Waals surface area contributed by atoms with Gasteiger partial charge >= 0.3 is 5.97 Å². The van der Waals surface area contributed by atoms with Gasteiger partial charge in [0.2, 0.25) is 10.0 Å². The maximum Gasteiger partial charge on any atom is 0.341 e. The number of rotatable bonds is 7. The second-order valence-electron chi connectivity index (χ2n) is 4.48. The highest BCUT2D eigenvalue weighted by molar-refractivity contribution is 7.92. The number of carboxylic acid groups (broad SMARTS) is 1. The van der Waals surface area contributed by atoms with Gasteiger partial charge in [-0.05, 0) is 30.2 Å². The van der Waals surface area contributed by atoms with Crippen LogP contribution in [-0.4, -0.2) is 31.9 Å². The Hall–Kier alpha value is -1.76. The normalized spacial score (nSPS) is 11.3. The molecule has 0 heterocycles. The number of hydrogen-bond acceptors (Lipinski definition) is 4. The van der Waals surface area contributed by atoms with Gasteiger partial charge in [-0.25, -0.2) is 13.2 Å². The van der Waals surface area contributed by atoms with Crippen molar-refractivity contribution in [3.8, 4) is 5.75 Å². The minimum absolute atomic E-state index is 0.0377. The van der Waals surface area contributed by atoms with Crippen LogP contribution in [0.25, 0.3) is 0 Å². The Bertz CT molecular complexity index is 522. The molecule has 0 unspecified atom stereocenters. The fourth-order valence-corrected chi connectivity index (χ4v) is 2.88. The molecule has 0 aliphatic carbocycles. The van der Waals surface area contributed by atoms with Crippen LogP contribution in [0.15, 0.2) is 24.3 Å². The second-order valence-corrected chi connectivity index (χ2v) is 6.25. The maximum absolute atomic E-state index is 11.7. The van der Waals surface area contributed by atoms with Crippen LogP contribution < -0.4 is 9.46 Å². The molecule has 2 N–H and O–H groups in total. The van der Waals surface area contributed by atoms with Crippen molar-refractivity contribution in [1.82, 2.24) is 0 Å². The summed E-state index contributed by atoms with van der Waals surface area (Å²) in [6.07, 6.45) is 0. The summed E-state index contributed by atoms with van der Waals surface area (Å²) >= 11 is 0. The molecule has 1 aromatic carbocycles. The van der Waals surface area contributed by atoms with Crippen LogP contribution in [0.1, 0.15) is 13.8 Å². The molecule has 1 rings (SSSR count). The lowest BCUT2D eigenvalue weighted by Gasteiger charge is -2.10. The Morgan fingerprint density at radius 1 is 1.32 bits per heavy atom. The van der Waals surface area contributed by atoms with E-state index in [-0.39, 0.29) is 11.7 Å². The summed E-state index contributed by atoms with van der Waals surface area (Å²) < 4.78 is 30.8. The highest BCUT2D eigenvalue weighted by Gasteiger charge is 2.12. The number of hydrogen-bond donors (Lipinski definition) is 2. The number of carbonyl (C=O) groups is 1. The van der Waals surface area contributed by atoms with Crippen LogP contribution >= 0.6 is 0 Å². The molecule has 0 bridgehead atoms. The maximum atomic E-state index is 11.7. The predicted molar refractivity (Wildman–Crippen MR) is 71.8 cm³/mol. The summed E-state index contributed by atoms with van der Waals surface area (Å²) in [7, 11) is -3.36. The predicted octanol–water partition coefficient (Wildman–Crippen LogP) is 1.55. The van der Waals surface area contributed by atoms with Crippen molar-refractivity contribution in [2.24, 2.45) is 5.92 Å². The molecular weight excluding hydrogens is 270 g/mol. The van der Waals surface area contributed by atoms with Crippen molar-refractivity contribution in [3.05, 3.63) is 24.3 Å². The average Bonchev–Trinajstić information content (AvgIpc) is 2.25. The Labute approximate surface area is 112 Å². The van der Waals surface area contributed by atoms with E-state index in [4.69, 9.17) is 9.84 Å². The molecule has 1 aromatic rings. The van der Waals surface area contributed by atoms with Gasteiger partial charge in [0.25, 0.3) is 0 Å². The summed E-state index contributed by atoms with van der Waals surface area (Å²) in [5.41, 5.74) is 0.420. The van der Waals surface area contributed by atoms with E-state index in [0.29, 0.717) is 11.4 Å². The van der Waals surface area contributed by atoms with Crippen molar-refractivity contribution in [2.75, 3.05) is 17.1 Å². The molecule has 7 heteroatoms. The first-order chi connectivity index (χ1) is 8.78. The molecular formula is C12H17NO5S. The lowest BCUT2D eigenvalue weighted by atomic mass is 10.3. The van der Waals surface area contributed by atoms with Gasteiger partial charge in [0, 0.05) is 5.69 Å². The summed E-state index contributed by atoms with van der Waals surface area (Å²) in [4.78, 5) is 10.3. The Morgan fingerprint density at radius 3 is 2.37 bits per heavy atom. The first kappa shape index (κ1) is 15.3. The number of benzene rings is 1. The largest absolute Gasteiger partial charge is 0.482 e. The minimum Gasteiger partial charge on any atom is -0.482 e. The van der Waals surface area contributed by atoms with E-state index in [1.165, 1.54) is 24.3 Å². The number of carboxylic acids is 1. The molecule has 6 nitrogen and oxygen atoms in total. The molecule has 0 amide bonds. The third-order valence-corrected chi connectivity index (χ3v) is 3.69. The van der Waals surface area contributed by atoms with Crippen molar-refractivity contribution >= 4 is 21.7 Å². The fraction of sp³-hybridized carbons (Fsp3) is 0.417. The highest BCUT2D eigenvalue weighted by Crippen LogP contribution is 2.17. The zero-order valence-corrected chi connectivity index (χ0v) is 11.6. The van der Waals surface area contributed by atoms with Gasteiger partial charge in [-0.15, -0.1) is 0 Å². The molecule has 0 aromatic heterocycles. The van der Waals surface area contributed by atoms with E-state index in [1.807, 2.05) is 13.8 Å². The first-order valence-electron chi connectivity index (χ1n) is 5.73. The Morgan fingerprint density at radius 2 is 1.89 bits per heavy atom. The molecule has 0 saturated heterocycles. The standard InChI is InChI=1S/C12H17NO5S/c1-9(2)8-19(16,17)13-10-3-5-11(6-4-10)18-7-12(14)15/h3-6,9,13H,7-8H2,1-2H3,(H,14,15). The molecule has 0 fully saturated rings. The number of aliphatic carboxylic acids is 1. The van der Waals surface area contributed by atoms with Gasteiger partial charge in [-0.3, -0.25) is 4.72 Å². The van der Waals surface area contributed by atoms with Crippen LogP contribution in [0.4, 0.5) is 5.69 Å². The number of sulfonamides is 1. The average molecular weight is 287 g/mol. The van der Waals surface area contributed by atoms with Crippen LogP contribution in [0.5, 0.6) is 5.75 Å². The van der Waals surface area contributed by atoms with E-state index < -0.39 is 22.6 Å². The van der Waals surface area contributed by atoms with Crippen molar-refractivity contribution in [1.29, 1.82) is 0 Å². The van der Waals surface area contributed by atoms with E-state index in [9.17, 15) is 13.2 Å². The van der Waals surface area contributed by atoms with Gasteiger partial charge < -0.3 is 9.84 Å². The topological polar surface area (TPSA) is 92.7 Å². The number of ether oxygens (including phenoxy) is 1. The van der Waals surface area contributed by atoms with Crippen LogP contribution in [-0.2, 0) is 14.8 Å². The van der Waals surface area contributed by atoms with E-state index in [1.54, 1.807) is 0 Å². The molecule has 0 aliphatic rings. The molecule has 0 spiro atoms. The molecule has 0 radical (unpaired) electrons. The summed E-state index contributed by atoms with van der Waals surface area (Å²) in [5.74, 6) is -0.615. The monoisotopic (exact) mass is 287 g/mol. The number of anilines is 1. The van der Waals surface area contributed by atoms with Gasteiger partial charge in [-0.1, -0.05) is 13.8 Å². The summed E-state index contributed by atoms with van der Waals surface area (Å²) in [5, 5.41) is 8.45. The van der Waals surface area contributed by atoms with E-state index in [0.717, 1.165) is 0 Å². The Kier molecular flexibility index (Phi) is 5.17. The molecule has 0 aliphatic heterocycles. The van der Waals surface area contributed by atoms with Crippen LogP contribution in [0.2, 0.25) is 0 Å². The lowest BCUT2D eigenvalue weighted by molar-refractivity contribution is -0.139. The molecule has 19 heavy (non-hydrogen) atoms. The van der Waals surface area contributed by atoms with Gasteiger partial charge in [0.15, 0.2) is 6.61 Å². The molecule has 106 valence electrons. The summed E-state index contributed by atoms with van der Waals surface area (Å²) in [6.45, 7) is 3.21. The van der Waals surface area contributed by atoms with Crippen molar-refractivity contribution < 1.29 is 23.1 Å². The minimum atomic E-state index is -3.36. The third kappa shape index (κ3) is 6.10. The molecule has 0 saturated carbocycles. The fourth-order valence-electron chi connectivity index (χ4n) is 1.42. The van der Waals surface area contributed by atoms with Crippen LogP contribution in [0.3, 0.4) is 0 Å². The Balaban J connectivity index is 2.64. The van der Waals surface area contributed by atoms with Gasteiger partial charge in [-0.2, -0.15) is 0 Å². The third-order valence-electron chi connectivity index (χ3n) is 2.04. The van der Waals surface area contributed by atoms with Crippen molar-refractivity contribution in [2.45, 2.75) is 13.8 Å². The zero-order valence-electron chi connectivity index (χ0n) is 10.8. The highest BCUT2D eigenvalue weighted by atomic mass is 32.2. The SMILES string of the molecule is CC(C)CS(=O)(=O)Nc1ccc(OCC(=O)O)cc1. The van der Waals surface area contributed by atoms with E-state index >= 15 is 0 Å². The number of nitrogens with one attached hydrogen (secondary N) is 1. The van der Waals surface area contributed by atoms with Crippen molar-refractivity contribution in [3.63, 3.8) is 0 Å². The summed E-state index contributed by atoms with van der Waals surface area (Å²) in [6, 6.07) is 6.07. The second kappa shape index (κ2) is 6.42. The van der Waals surface area contributed by atoms with Gasteiger partial charge in [0.05, 0.1) is 5.75 Å². The van der Waals surface area contributed by atoms with Crippen LogP contribution in [0, 0.1) is 5.92 Å². The zero-order chi connectivity index (χ0) is 14.5. The quantitative estimate of drug-likeness (QED) is 0.793. The molecule has 0 atom stereocenters. The first-order valence-corrected chi connectivity index (χ1v) is 7.39. The van der Waals surface area contributed by atoms with Gasteiger partial charge in [0.1, 0.15) is 5.75 Å². The van der Waals surface area contributed by atoms with E-state index in [2.05, 4.69) is 4.72 Å².